The second kappa shape index (κ2) is 7.95. The zero-order chi connectivity index (χ0) is 12.8. The molecule has 0 aliphatic heterocycles. The molecule has 1 aromatic heterocycles. The minimum absolute atomic E-state index is 0. The Labute approximate surface area is 136 Å². The molecule has 3 heteroatoms. The molecule has 0 saturated heterocycles. The maximum atomic E-state index is 11.0. The molecule has 2 aromatic rings. The van der Waals surface area contributed by atoms with Crippen molar-refractivity contribution >= 4 is 12.2 Å². The van der Waals surface area contributed by atoms with Gasteiger partial charge in [-0.1, -0.05) is 43.0 Å². The predicted octanol–water partition coefficient (Wildman–Crippen LogP) is -0.592. The van der Waals surface area contributed by atoms with Gasteiger partial charge in [0, 0.05) is 12.1 Å². The van der Waals surface area contributed by atoms with Crippen LogP contribution in [0.1, 0.15) is 11.1 Å². The van der Waals surface area contributed by atoms with Crippen LogP contribution < -0.4 is 39.2 Å². The van der Waals surface area contributed by atoms with Gasteiger partial charge in [0.25, 0.3) is 0 Å². The summed E-state index contributed by atoms with van der Waals surface area (Å²) in [6, 6.07) is 10.9. The molecule has 90 valence electrons. The summed E-state index contributed by atoms with van der Waals surface area (Å²) < 4.78 is 2.05. The molecule has 0 aliphatic rings. The Morgan fingerprint density at radius 2 is 1.47 bits per heavy atom. The molecule has 0 atom stereocenters. The van der Waals surface area contributed by atoms with Crippen LogP contribution in [0.4, 0.5) is 0 Å². The molecule has 0 bridgehead atoms. The van der Waals surface area contributed by atoms with Gasteiger partial charge in [-0.15, -0.1) is 5.75 Å². The Morgan fingerprint density at radius 1 is 0.947 bits per heavy atom. The molecule has 1 heterocycles. The second-order valence-corrected chi connectivity index (χ2v) is 4.02. The minimum atomic E-state index is 0. The Hall–Kier alpha value is -1.35. The van der Waals surface area contributed by atoms with Crippen molar-refractivity contribution in [2.75, 3.05) is 0 Å². The van der Waals surface area contributed by atoms with Crippen molar-refractivity contribution in [3.05, 3.63) is 72.6 Å². The maximum absolute atomic E-state index is 11.0. The van der Waals surface area contributed by atoms with Crippen LogP contribution in [0.25, 0.3) is 12.2 Å². The smallest absolute Gasteiger partial charge is 0.872 e. The molecule has 0 spiro atoms. The second-order valence-electron chi connectivity index (χ2n) is 4.02. The third-order valence-corrected chi connectivity index (χ3v) is 2.61. The Kier molecular flexibility index (Phi) is 6.57. The van der Waals surface area contributed by atoms with Crippen molar-refractivity contribution in [2.24, 2.45) is 0 Å². The van der Waals surface area contributed by atoms with Crippen LogP contribution in [0.15, 0.2) is 61.4 Å². The van der Waals surface area contributed by atoms with E-state index >= 15 is 0 Å². The van der Waals surface area contributed by atoms with Crippen LogP contribution in [-0.2, 0) is 6.54 Å². The fourth-order valence-corrected chi connectivity index (χ4v) is 1.62. The van der Waals surface area contributed by atoms with E-state index in [0.29, 0.717) is 0 Å². The molecule has 0 unspecified atom stereocenters. The average Bonchev–Trinajstić information content (AvgIpc) is 2.40. The first-order chi connectivity index (χ1) is 8.78. The summed E-state index contributed by atoms with van der Waals surface area (Å²) >= 11 is 0. The van der Waals surface area contributed by atoms with Gasteiger partial charge in [0.1, 0.15) is 0 Å². The maximum Gasteiger partial charge on any atom is 1.00 e. The van der Waals surface area contributed by atoms with E-state index in [-0.39, 0.29) is 35.3 Å². The van der Waals surface area contributed by atoms with Gasteiger partial charge in [-0.2, -0.15) is 0 Å². The topological polar surface area (TPSA) is 26.9 Å². The van der Waals surface area contributed by atoms with Crippen molar-refractivity contribution in [3.8, 4) is 5.75 Å². The molecule has 0 fully saturated rings. The van der Waals surface area contributed by atoms with Gasteiger partial charge in [0.2, 0.25) is 0 Å². The third kappa shape index (κ3) is 5.03. The van der Waals surface area contributed by atoms with Gasteiger partial charge in [0.15, 0.2) is 18.9 Å². The molecule has 1 aromatic carbocycles. The summed E-state index contributed by atoms with van der Waals surface area (Å²) in [5, 5.41) is 11.0. The van der Waals surface area contributed by atoms with E-state index in [1.54, 1.807) is 12.1 Å². The number of benzene rings is 1. The summed E-state index contributed by atoms with van der Waals surface area (Å²) in [5.41, 5.74) is 2.15. The average molecular weight is 260 g/mol. The van der Waals surface area contributed by atoms with Crippen molar-refractivity contribution in [1.29, 1.82) is 0 Å². The van der Waals surface area contributed by atoms with E-state index in [0.717, 1.165) is 17.7 Å². The van der Waals surface area contributed by atoms with Crippen LogP contribution >= 0.6 is 0 Å². The standard InChI is InChI=1S/C16H15NO.Na/c1-2-11-17-12-9-15(10-13-17)4-3-14-5-7-16(18)8-6-14;/h2-10,12-13H,1,11H2;/q;+1. The Morgan fingerprint density at radius 3 is 2.00 bits per heavy atom. The van der Waals surface area contributed by atoms with Crippen molar-refractivity contribution in [3.63, 3.8) is 0 Å². The summed E-state index contributed by atoms with van der Waals surface area (Å²) in [6.45, 7) is 4.52. The van der Waals surface area contributed by atoms with Gasteiger partial charge in [-0.3, -0.25) is 0 Å². The normalized spacial score (nSPS) is 10.1. The summed E-state index contributed by atoms with van der Waals surface area (Å²) in [6.07, 6.45) is 9.91. The van der Waals surface area contributed by atoms with Gasteiger partial charge in [0.05, 0.1) is 0 Å². The van der Waals surface area contributed by atoms with E-state index in [4.69, 9.17) is 0 Å². The molecule has 0 radical (unpaired) electrons. The van der Waals surface area contributed by atoms with E-state index in [1.165, 1.54) is 0 Å². The van der Waals surface area contributed by atoms with Crippen molar-refractivity contribution in [1.82, 2.24) is 0 Å². The predicted molar refractivity (Wildman–Crippen MR) is 71.7 cm³/mol. The fraction of sp³-hybridized carbons (Fsp3) is 0.0625. The third-order valence-electron chi connectivity index (χ3n) is 2.61. The first kappa shape index (κ1) is 15.7. The number of hydrogen-bond acceptors (Lipinski definition) is 1. The molecule has 0 saturated carbocycles. The number of rotatable bonds is 4. The van der Waals surface area contributed by atoms with Crippen LogP contribution in [0.3, 0.4) is 0 Å². The summed E-state index contributed by atoms with van der Waals surface area (Å²) in [5.74, 6) is 0.0392. The Balaban J connectivity index is 0.00000180. The number of allylic oxidation sites excluding steroid dienone is 1. The number of hydrogen-bond donors (Lipinski definition) is 0. The van der Waals surface area contributed by atoms with Crippen LogP contribution in [-0.4, -0.2) is 0 Å². The van der Waals surface area contributed by atoms with E-state index < -0.39 is 0 Å². The van der Waals surface area contributed by atoms with Gasteiger partial charge >= 0.3 is 29.6 Å². The van der Waals surface area contributed by atoms with Crippen molar-refractivity contribution in [2.45, 2.75) is 6.54 Å². The number of nitrogens with zero attached hydrogens (tertiary/aromatic N) is 1. The van der Waals surface area contributed by atoms with Crippen LogP contribution in [0.5, 0.6) is 5.75 Å². The largest absolute Gasteiger partial charge is 1.00 e. The van der Waals surface area contributed by atoms with E-state index in [1.807, 2.05) is 54.9 Å². The fourth-order valence-electron chi connectivity index (χ4n) is 1.62. The molecule has 0 amide bonds. The monoisotopic (exact) mass is 260 g/mol. The van der Waals surface area contributed by atoms with Gasteiger partial charge in [-0.25, -0.2) is 4.57 Å². The van der Waals surface area contributed by atoms with E-state index in [2.05, 4.69) is 11.1 Å². The van der Waals surface area contributed by atoms with Gasteiger partial charge in [-0.05, 0) is 17.2 Å². The number of pyridine rings is 1. The zero-order valence-corrected chi connectivity index (χ0v) is 13.1. The van der Waals surface area contributed by atoms with Gasteiger partial charge < -0.3 is 5.11 Å². The minimum Gasteiger partial charge on any atom is -0.872 e. The quantitative estimate of drug-likeness (QED) is 0.410. The van der Waals surface area contributed by atoms with Crippen molar-refractivity contribution < 1.29 is 39.2 Å². The molecule has 2 nitrogen and oxygen atoms in total. The summed E-state index contributed by atoms with van der Waals surface area (Å²) in [4.78, 5) is 0. The van der Waals surface area contributed by atoms with Crippen LogP contribution in [0.2, 0.25) is 0 Å². The molecular weight excluding hydrogens is 245 g/mol. The summed E-state index contributed by atoms with van der Waals surface area (Å²) in [7, 11) is 0. The molecule has 2 rings (SSSR count). The molecular formula is C16H15NNaO+. The molecule has 0 N–H and O–H groups in total. The number of aromatic nitrogens is 1. The Bertz CT molecular complexity index is 544. The molecule has 19 heavy (non-hydrogen) atoms. The zero-order valence-electron chi connectivity index (χ0n) is 11.1. The van der Waals surface area contributed by atoms with Crippen LogP contribution in [0, 0.1) is 0 Å². The first-order valence-corrected chi connectivity index (χ1v) is 5.83. The van der Waals surface area contributed by atoms with E-state index in [9.17, 15) is 5.11 Å². The molecule has 0 aliphatic carbocycles. The first-order valence-electron chi connectivity index (χ1n) is 5.83. The SMILES string of the molecule is C=CC[n+]1ccc(/C=C/c2ccc([O-])cc2)cc1.[Na+].